The number of nitro groups is 1. The SMILES string of the molecule is CC(C)CCC(C)Nc1c([N+](=O)[O-])ncn1C. The molecule has 1 heterocycles. The zero-order valence-corrected chi connectivity index (χ0v) is 10.8. The van der Waals surface area contributed by atoms with Gasteiger partial charge in [0.15, 0.2) is 0 Å². The van der Waals surface area contributed by atoms with Crippen LogP contribution in [-0.2, 0) is 7.05 Å². The van der Waals surface area contributed by atoms with Crippen LogP contribution in [0.2, 0.25) is 0 Å². The van der Waals surface area contributed by atoms with Crippen LogP contribution < -0.4 is 5.32 Å². The Labute approximate surface area is 101 Å². The summed E-state index contributed by atoms with van der Waals surface area (Å²) in [4.78, 5) is 14.1. The van der Waals surface area contributed by atoms with Crippen LogP contribution >= 0.6 is 0 Å². The van der Waals surface area contributed by atoms with Crippen LogP contribution in [0.4, 0.5) is 11.6 Å². The van der Waals surface area contributed by atoms with Gasteiger partial charge in [-0.2, -0.15) is 0 Å². The van der Waals surface area contributed by atoms with Crippen molar-refractivity contribution in [3.63, 3.8) is 0 Å². The van der Waals surface area contributed by atoms with Gasteiger partial charge < -0.3 is 15.4 Å². The van der Waals surface area contributed by atoms with Gasteiger partial charge in [-0.15, -0.1) is 0 Å². The highest BCUT2D eigenvalue weighted by molar-refractivity contribution is 5.52. The molecule has 0 amide bonds. The molecule has 1 atom stereocenters. The third-order valence-corrected chi connectivity index (χ3v) is 2.65. The van der Waals surface area contributed by atoms with Gasteiger partial charge in [-0.3, -0.25) is 4.57 Å². The van der Waals surface area contributed by atoms with Crippen molar-refractivity contribution in [1.29, 1.82) is 0 Å². The second kappa shape index (κ2) is 5.65. The van der Waals surface area contributed by atoms with E-state index in [9.17, 15) is 10.1 Å². The van der Waals surface area contributed by atoms with E-state index in [0.29, 0.717) is 11.7 Å². The summed E-state index contributed by atoms with van der Waals surface area (Å²) in [6.07, 6.45) is 3.54. The van der Waals surface area contributed by atoms with Gasteiger partial charge in [-0.05, 0) is 35.6 Å². The van der Waals surface area contributed by atoms with Crippen LogP contribution in [0.3, 0.4) is 0 Å². The molecule has 0 aromatic carbocycles. The van der Waals surface area contributed by atoms with Crippen LogP contribution in [0.15, 0.2) is 6.33 Å². The Bertz CT molecular complexity index is 387. The molecule has 6 heteroatoms. The highest BCUT2D eigenvalue weighted by Crippen LogP contribution is 2.22. The molecular weight excluding hydrogens is 220 g/mol. The first-order chi connectivity index (χ1) is 7.91. The zero-order valence-electron chi connectivity index (χ0n) is 10.8. The molecular formula is C11H20N4O2. The lowest BCUT2D eigenvalue weighted by Crippen LogP contribution is -2.18. The molecule has 0 saturated carbocycles. The molecule has 1 aromatic rings. The van der Waals surface area contributed by atoms with E-state index in [1.54, 1.807) is 11.6 Å². The Morgan fingerprint density at radius 3 is 2.65 bits per heavy atom. The quantitative estimate of drug-likeness (QED) is 0.612. The standard InChI is InChI=1S/C11H20N4O2/c1-8(2)5-6-9(3)13-11-10(15(16)17)12-7-14(11)4/h7-9,13H,5-6H2,1-4H3. The van der Waals surface area contributed by atoms with Crippen molar-refractivity contribution in [3.8, 4) is 0 Å². The summed E-state index contributed by atoms with van der Waals surface area (Å²) in [5.74, 6) is 1.01. The van der Waals surface area contributed by atoms with Crippen molar-refractivity contribution in [2.24, 2.45) is 13.0 Å². The molecule has 0 aliphatic heterocycles. The van der Waals surface area contributed by atoms with Crippen LogP contribution in [0.5, 0.6) is 0 Å². The van der Waals surface area contributed by atoms with Crippen LogP contribution in [0.1, 0.15) is 33.6 Å². The largest absolute Gasteiger partial charge is 0.406 e. The number of hydrogen-bond acceptors (Lipinski definition) is 4. The second-order valence-electron chi connectivity index (χ2n) is 4.80. The second-order valence-corrected chi connectivity index (χ2v) is 4.80. The van der Waals surface area contributed by atoms with Crippen molar-refractivity contribution in [1.82, 2.24) is 9.55 Å². The topological polar surface area (TPSA) is 73.0 Å². The minimum Gasteiger partial charge on any atom is -0.362 e. The van der Waals surface area contributed by atoms with E-state index in [-0.39, 0.29) is 11.9 Å². The van der Waals surface area contributed by atoms with Gasteiger partial charge in [0.2, 0.25) is 12.1 Å². The average molecular weight is 240 g/mol. The van der Waals surface area contributed by atoms with E-state index in [4.69, 9.17) is 0 Å². The lowest BCUT2D eigenvalue weighted by atomic mass is 10.0. The molecule has 0 saturated heterocycles. The lowest BCUT2D eigenvalue weighted by molar-refractivity contribution is -0.388. The van der Waals surface area contributed by atoms with Crippen LogP contribution in [-0.4, -0.2) is 20.5 Å². The average Bonchev–Trinajstić information content (AvgIpc) is 2.58. The molecule has 17 heavy (non-hydrogen) atoms. The van der Waals surface area contributed by atoms with Crippen LogP contribution in [0.25, 0.3) is 0 Å². The molecule has 0 radical (unpaired) electrons. The number of rotatable bonds is 6. The smallest absolute Gasteiger partial charge is 0.362 e. The highest BCUT2D eigenvalue weighted by atomic mass is 16.6. The summed E-state index contributed by atoms with van der Waals surface area (Å²) in [6, 6.07) is 0.200. The van der Waals surface area contributed by atoms with E-state index in [1.807, 2.05) is 6.92 Å². The number of imidazole rings is 1. The number of anilines is 1. The third-order valence-electron chi connectivity index (χ3n) is 2.65. The van der Waals surface area contributed by atoms with Gasteiger partial charge >= 0.3 is 5.82 Å². The fraction of sp³-hybridized carbons (Fsp3) is 0.727. The molecule has 0 bridgehead atoms. The summed E-state index contributed by atoms with van der Waals surface area (Å²) < 4.78 is 1.64. The van der Waals surface area contributed by atoms with E-state index >= 15 is 0 Å². The van der Waals surface area contributed by atoms with Gasteiger partial charge in [0, 0.05) is 13.1 Å². The van der Waals surface area contributed by atoms with Gasteiger partial charge in [-0.25, -0.2) is 0 Å². The third kappa shape index (κ3) is 3.72. The Morgan fingerprint density at radius 2 is 2.12 bits per heavy atom. The molecule has 1 rings (SSSR count). The molecule has 0 fully saturated rings. The fourth-order valence-electron chi connectivity index (χ4n) is 1.61. The fourth-order valence-corrected chi connectivity index (χ4v) is 1.61. The molecule has 1 unspecified atom stereocenters. The minimum absolute atomic E-state index is 0.108. The summed E-state index contributed by atoms with van der Waals surface area (Å²) in [5, 5.41) is 13.9. The lowest BCUT2D eigenvalue weighted by Gasteiger charge is -2.15. The molecule has 1 aromatic heterocycles. The van der Waals surface area contributed by atoms with Crippen molar-refractivity contribution in [2.75, 3.05) is 5.32 Å². The number of aryl methyl sites for hydroxylation is 1. The normalized spacial score (nSPS) is 12.8. The van der Waals surface area contributed by atoms with Crippen molar-refractivity contribution in [2.45, 2.75) is 39.7 Å². The number of hydrogen-bond donors (Lipinski definition) is 1. The number of nitrogens with zero attached hydrogens (tertiary/aromatic N) is 3. The first-order valence-electron chi connectivity index (χ1n) is 5.84. The molecule has 96 valence electrons. The van der Waals surface area contributed by atoms with Crippen molar-refractivity contribution < 1.29 is 4.92 Å². The Morgan fingerprint density at radius 1 is 1.47 bits per heavy atom. The first kappa shape index (κ1) is 13.5. The van der Waals surface area contributed by atoms with Gasteiger partial charge in [0.1, 0.15) is 0 Å². The van der Waals surface area contributed by atoms with Gasteiger partial charge in [0.25, 0.3) is 0 Å². The maximum Gasteiger partial charge on any atom is 0.406 e. The van der Waals surface area contributed by atoms with Crippen molar-refractivity contribution >= 4 is 11.6 Å². The predicted molar refractivity (Wildman–Crippen MR) is 67.0 cm³/mol. The number of aromatic nitrogens is 2. The Balaban J connectivity index is 2.67. The molecule has 6 nitrogen and oxygen atoms in total. The van der Waals surface area contributed by atoms with Gasteiger partial charge in [0.05, 0.1) is 0 Å². The van der Waals surface area contributed by atoms with E-state index in [1.165, 1.54) is 6.33 Å². The van der Waals surface area contributed by atoms with E-state index in [2.05, 4.69) is 24.1 Å². The molecule has 0 spiro atoms. The monoisotopic (exact) mass is 240 g/mol. The predicted octanol–water partition coefficient (Wildman–Crippen LogP) is 2.56. The summed E-state index contributed by atoms with van der Waals surface area (Å²) in [5.41, 5.74) is 0. The molecule has 1 N–H and O–H groups in total. The summed E-state index contributed by atoms with van der Waals surface area (Å²) in [7, 11) is 1.75. The molecule has 0 aliphatic carbocycles. The molecule has 0 aliphatic rings. The zero-order chi connectivity index (χ0) is 13.0. The van der Waals surface area contributed by atoms with Crippen molar-refractivity contribution in [3.05, 3.63) is 16.4 Å². The highest BCUT2D eigenvalue weighted by Gasteiger charge is 2.21. The maximum atomic E-state index is 10.8. The first-order valence-corrected chi connectivity index (χ1v) is 5.84. The van der Waals surface area contributed by atoms with E-state index < -0.39 is 4.92 Å². The Hall–Kier alpha value is -1.59. The van der Waals surface area contributed by atoms with Crippen LogP contribution in [0, 0.1) is 16.0 Å². The summed E-state index contributed by atoms with van der Waals surface area (Å²) >= 11 is 0. The Kier molecular flexibility index (Phi) is 4.48. The minimum atomic E-state index is -0.461. The number of nitrogens with one attached hydrogen (secondary N) is 1. The maximum absolute atomic E-state index is 10.8. The van der Waals surface area contributed by atoms with E-state index in [0.717, 1.165) is 12.8 Å². The summed E-state index contributed by atoms with van der Waals surface area (Å²) in [6.45, 7) is 6.36. The van der Waals surface area contributed by atoms with Gasteiger partial charge in [-0.1, -0.05) is 13.8 Å².